The maximum absolute atomic E-state index is 12.8. The molecule has 0 bridgehead atoms. The van der Waals surface area contributed by atoms with Crippen molar-refractivity contribution in [3.8, 4) is 0 Å². The number of carbonyl (C=O) groups is 2. The molecule has 2 aliphatic heterocycles. The smallest absolute Gasteiger partial charge is 0.325 e. The second-order valence-electron chi connectivity index (χ2n) is 5.97. The number of benzene rings is 1. The van der Waals surface area contributed by atoms with E-state index in [1.54, 1.807) is 6.92 Å². The van der Waals surface area contributed by atoms with Gasteiger partial charge in [0.1, 0.15) is 5.54 Å². The molecule has 0 saturated carbocycles. The van der Waals surface area contributed by atoms with Crippen LogP contribution in [-0.2, 0) is 15.1 Å². The van der Waals surface area contributed by atoms with Crippen molar-refractivity contribution in [2.24, 2.45) is 0 Å². The van der Waals surface area contributed by atoms with Crippen molar-refractivity contribution in [2.45, 2.75) is 37.8 Å². The third kappa shape index (κ3) is 2.77. The van der Waals surface area contributed by atoms with Crippen LogP contribution in [-0.4, -0.2) is 36.1 Å². The summed E-state index contributed by atoms with van der Waals surface area (Å²) in [5, 5.41) is 2.82. The zero-order valence-electron chi connectivity index (χ0n) is 12.5. The summed E-state index contributed by atoms with van der Waals surface area (Å²) in [7, 11) is 0. The highest BCUT2D eigenvalue weighted by atomic mass is 79.9. The van der Waals surface area contributed by atoms with Crippen LogP contribution in [0.4, 0.5) is 4.79 Å². The fourth-order valence-electron chi connectivity index (χ4n) is 3.01. The summed E-state index contributed by atoms with van der Waals surface area (Å²) in [4.78, 5) is 26.3. The minimum absolute atomic E-state index is 0.0479. The van der Waals surface area contributed by atoms with E-state index in [0.717, 1.165) is 29.3 Å². The van der Waals surface area contributed by atoms with E-state index in [9.17, 15) is 9.59 Å². The Kier molecular flexibility index (Phi) is 4.23. The van der Waals surface area contributed by atoms with Gasteiger partial charge in [-0.25, -0.2) is 4.79 Å². The molecule has 2 unspecified atom stereocenters. The van der Waals surface area contributed by atoms with Crippen LogP contribution in [0.15, 0.2) is 28.7 Å². The van der Waals surface area contributed by atoms with E-state index in [-0.39, 0.29) is 18.0 Å². The number of urea groups is 1. The van der Waals surface area contributed by atoms with Crippen LogP contribution in [0.5, 0.6) is 0 Å². The average molecular weight is 367 g/mol. The molecule has 1 N–H and O–H groups in total. The molecule has 6 heteroatoms. The van der Waals surface area contributed by atoms with Crippen LogP contribution < -0.4 is 5.32 Å². The van der Waals surface area contributed by atoms with E-state index in [4.69, 9.17) is 4.74 Å². The van der Waals surface area contributed by atoms with Crippen LogP contribution in [0, 0.1) is 0 Å². The monoisotopic (exact) mass is 366 g/mol. The number of rotatable bonds is 3. The zero-order valence-corrected chi connectivity index (χ0v) is 14.1. The number of carbonyl (C=O) groups excluding carboxylic acids is 2. The number of halogens is 1. The first kappa shape index (κ1) is 15.5. The SMILES string of the molecule is CC1(c2cccc(Br)c2)NC(=O)N(CC2CCCCO2)C1=O. The lowest BCUT2D eigenvalue weighted by molar-refractivity contribution is -0.132. The van der Waals surface area contributed by atoms with Gasteiger partial charge in [0.05, 0.1) is 12.6 Å². The third-order valence-corrected chi connectivity index (χ3v) is 4.83. The molecule has 5 nitrogen and oxygen atoms in total. The topological polar surface area (TPSA) is 58.6 Å². The number of amides is 3. The van der Waals surface area contributed by atoms with Gasteiger partial charge in [-0.2, -0.15) is 0 Å². The molecule has 0 aromatic heterocycles. The number of imide groups is 1. The Morgan fingerprint density at radius 2 is 2.23 bits per heavy atom. The fraction of sp³-hybridized carbons (Fsp3) is 0.500. The molecule has 2 saturated heterocycles. The number of hydrogen-bond donors (Lipinski definition) is 1. The molecular weight excluding hydrogens is 348 g/mol. The molecule has 3 rings (SSSR count). The summed E-state index contributed by atoms with van der Waals surface area (Å²) < 4.78 is 6.53. The Morgan fingerprint density at radius 1 is 1.41 bits per heavy atom. The third-order valence-electron chi connectivity index (χ3n) is 4.34. The molecule has 1 aromatic rings. The van der Waals surface area contributed by atoms with E-state index < -0.39 is 5.54 Å². The van der Waals surface area contributed by atoms with Crippen molar-refractivity contribution >= 4 is 27.9 Å². The van der Waals surface area contributed by atoms with Crippen molar-refractivity contribution in [3.63, 3.8) is 0 Å². The molecular formula is C16H19BrN2O3. The molecule has 22 heavy (non-hydrogen) atoms. The molecule has 3 amide bonds. The van der Waals surface area contributed by atoms with Crippen LogP contribution in [0.2, 0.25) is 0 Å². The molecule has 0 aliphatic carbocycles. The summed E-state index contributed by atoms with van der Waals surface area (Å²) in [5.41, 5.74) is -0.248. The first-order valence-electron chi connectivity index (χ1n) is 7.52. The second kappa shape index (κ2) is 6.01. The predicted molar refractivity (Wildman–Crippen MR) is 85.3 cm³/mol. The normalized spacial score (nSPS) is 28.8. The lowest BCUT2D eigenvalue weighted by Gasteiger charge is -2.27. The highest BCUT2D eigenvalue weighted by molar-refractivity contribution is 9.10. The van der Waals surface area contributed by atoms with Crippen LogP contribution in [0.3, 0.4) is 0 Å². The van der Waals surface area contributed by atoms with Gasteiger partial charge in [-0.05, 0) is 43.9 Å². The summed E-state index contributed by atoms with van der Waals surface area (Å²) in [5.74, 6) is -0.218. The standard InChI is InChI=1S/C16H19BrN2O3/c1-16(11-5-4-6-12(17)9-11)14(20)19(15(21)18-16)10-13-7-2-3-8-22-13/h4-6,9,13H,2-3,7-8,10H2,1H3,(H,18,21). The fourth-order valence-corrected chi connectivity index (χ4v) is 3.41. The van der Waals surface area contributed by atoms with Crippen LogP contribution in [0.1, 0.15) is 31.7 Å². The predicted octanol–water partition coefficient (Wildman–Crippen LogP) is 2.79. The second-order valence-corrected chi connectivity index (χ2v) is 6.89. The van der Waals surface area contributed by atoms with E-state index >= 15 is 0 Å². The van der Waals surface area contributed by atoms with Gasteiger partial charge >= 0.3 is 6.03 Å². The van der Waals surface area contributed by atoms with E-state index in [2.05, 4.69) is 21.2 Å². The van der Waals surface area contributed by atoms with Crippen LogP contribution in [0.25, 0.3) is 0 Å². The van der Waals surface area contributed by atoms with Gasteiger partial charge in [0.25, 0.3) is 5.91 Å². The summed E-state index contributed by atoms with van der Waals surface area (Å²) in [6, 6.07) is 7.11. The minimum atomic E-state index is -1.02. The Balaban J connectivity index is 1.81. The highest BCUT2D eigenvalue weighted by Crippen LogP contribution is 2.31. The molecule has 1 aromatic carbocycles. The van der Waals surface area contributed by atoms with Crippen molar-refractivity contribution < 1.29 is 14.3 Å². The lowest BCUT2D eigenvalue weighted by atomic mass is 9.92. The molecule has 0 radical (unpaired) electrons. The molecule has 2 heterocycles. The van der Waals surface area contributed by atoms with E-state index in [1.807, 2.05) is 24.3 Å². The van der Waals surface area contributed by atoms with E-state index in [0.29, 0.717) is 13.2 Å². The van der Waals surface area contributed by atoms with Gasteiger partial charge in [0.15, 0.2) is 0 Å². The number of nitrogens with one attached hydrogen (secondary N) is 1. The van der Waals surface area contributed by atoms with Crippen molar-refractivity contribution in [3.05, 3.63) is 34.3 Å². The molecule has 118 valence electrons. The zero-order chi connectivity index (χ0) is 15.7. The lowest BCUT2D eigenvalue weighted by Crippen LogP contribution is -2.42. The summed E-state index contributed by atoms with van der Waals surface area (Å²) in [6.45, 7) is 2.78. The van der Waals surface area contributed by atoms with Crippen LogP contribution >= 0.6 is 15.9 Å². The van der Waals surface area contributed by atoms with Crippen molar-refractivity contribution in [1.82, 2.24) is 10.2 Å². The van der Waals surface area contributed by atoms with Gasteiger partial charge in [0.2, 0.25) is 0 Å². The van der Waals surface area contributed by atoms with Gasteiger partial charge in [-0.15, -0.1) is 0 Å². The number of ether oxygens (including phenoxy) is 1. The molecule has 2 fully saturated rings. The summed E-state index contributed by atoms with van der Waals surface area (Å²) in [6.07, 6.45) is 2.97. The van der Waals surface area contributed by atoms with Gasteiger partial charge < -0.3 is 10.1 Å². The van der Waals surface area contributed by atoms with Crippen molar-refractivity contribution in [2.75, 3.05) is 13.2 Å². The molecule has 2 atom stereocenters. The maximum Gasteiger partial charge on any atom is 0.325 e. The molecule has 0 spiro atoms. The van der Waals surface area contributed by atoms with Gasteiger partial charge in [-0.1, -0.05) is 28.1 Å². The minimum Gasteiger partial charge on any atom is -0.376 e. The first-order chi connectivity index (χ1) is 10.5. The quantitative estimate of drug-likeness (QED) is 0.836. The number of nitrogens with zero attached hydrogens (tertiary/aromatic N) is 1. The highest BCUT2D eigenvalue weighted by Gasteiger charge is 2.49. The van der Waals surface area contributed by atoms with E-state index in [1.165, 1.54) is 4.90 Å². The van der Waals surface area contributed by atoms with Crippen molar-refractivity contribution in [1.29, 1.82) is 0 Å². The average Bonchev–Trinajstić information content (AvgIpc) is 2.73. The maximum atomic E-state index is 12.8. The first-order valence-corrected chi connectivity index (χ1v) is 8.32. The molecule has 2 aliphatic rings. The summed E-state index contributed by atoms with van der Waals surface area (Å²) >= 11 is 3.41. The Bertz CT molecular complexity index is 601. The Labute approximate surface area is 138 Å². The van der Waals surface area contributed by atoms with Gasteiger partial charge in [-0.3, -0.25) is 9.69 Å². The number of hydrogen-bond acceptors (Lipinski definition) is 3. The van der Waals surface area contributed by atoms with Gasteiger partial charge in [0, 0.05) is 11.1 Å². The Hall–Kier alpha value is -1.40. The largest absolute Gasteiger partial charge is 0.376 e. The Morgan fingerprint density at radius 3 is 2.91 bits per heavy atom.